The van der Waals surface area contributed by atoms with Gasteiger partial charge in [0.1, 0.15) is 6.10 Å². The molecule has 106 valence electrons. The van der Waals surface area contributed by atoms with Crippen LogP contribution in [0.5, 0.6) is 5.75 Å². The lowest BCUT2D eigenvalue weighted by molar-refractivity contribution is 0.168. The number of hydrogen-bond acceptors (Lipinski definition) is 2. The summed E-state index contributed by atoms with van der Waals surface area (Å²) < 4.78 is 19.4. The second-order valence-electron chi connectivity index (χ2n) is 4.93. The summed E-state index contributed by atoms with van der Waals surface area (Å²) in [6.45, 7) is 3.99. The van der Waals surface area contributed by atoms with Crippen molar-refractivity contribution in [2.24, 2.45) is 0 Å². The zero-order valence-electron chi connectivity index (χ0n) is 12.1. The van der Waals surface area contributed by atoms with Crippen LogP contribution in [0.25, 0.3) is 0 Å². The second-order valence-corrected chi connectivity index (χ2v) is 4.93. The van der Waals surface area contributed by atoms with E-state index in [-0.39, 0.29) is 23.7 Å². The standard InChI is InChI=1S/C17H20FNO/c1-12-8-10-14(11-9-12)17(19-3)13(2)20-16-7-5-4-6-15(16)18/h4-11,13,17,19H,1-3H3. The van der Waals surface area contributed by atoms with Crippen molar-refractivity contribution < 1.29 is 9.13 Å². The first-order valence-electron chi connectivity index (χ1n) is 6.77. The molecule has 0 heterocycles. The maximum absolute atomic E-state index is 13.6. The van der Waals surface area contributed by atoms with Gasteiger partial charge >= 0.3 is 0 Å². The van der Waals surface area contributed by atoms with E-state index in [4.69, 9.17) is 4.74 Å². The average Bonchev–Trinajstić information content (AvgIpc) is 2.44. The third kappa shape index (κ3) is 3.36. The Morgan fingerprint density at radius 1 is 1.05 bits per heavy atom. The van der Waals surface area contributed by atoms with Gasteiger partial charge in [-0.2, -0.15) is 0 Å². The highest BCUT2D eigenvalue weighted by molar-refractivity contribution is 5.27. The molecule has 0 saturated carbocycles. The van der Waals surface area contributed by atoms with E-state index in [0.717, 1.165) is 5.56 Å². The fraction of sp³-hybridized carbons (Fsp3) is 0.294. The molecule has 0 bridgehead atoms. The minimum Gasteiger partial charge on any atom is -0.486 e. The lowest BCUT2D eigenvalue weighted by atomic mass is 10.0. The highest BCUT2D eigenvalue weighted by atomic mass is 19.1. The van der Waals surface area contributed by atoms with Crippen molar-refractivity contribution in [2.75, 3.05) is 7.05 Å². The lowest BCUT2D eigenvalue weighted by Crippen LogP contribution is -2.31. The second kappa shape index (κ2) is 6.53. The predicted molar refractivity (Wildman–Crippen MR) is 79.5 cm³/mol. The SMILES string of the molecule is CNC(c1ccc(C)cc1)C(C)Oc1ccccc1F. The molecule has 2 aromatic carbocycles. The number of ether oxygens (including phenoxy) is 1. The molecule has 0 aromatic heterocycles. The van der Waals surface area contributed by atoms with E-state index in [1.54, 1.807) is 18.2 Å². The first-order valence-corrected chi connectivity index (χ1v) is 6.77. The Hall–Kier alpha value is -1.87. The van der Waals surface area contributed by atoms with Gasteiger partial charge in [-0.3, -0.25) is 0 Å². The Morgan fingerprint density at radius 2 is 1.70 bits per heavy atom. The topological polar surface area (TPSA) is 21.3 Å². The molecule has 0 fully saturated rings. The first-order chi connectivity index (χ1) is 9.61. The van der Waals surface area contributed by atoms with Crippen LogP contribution in [0.3, 0.4) is 0 Å². The van der Waals surface area contributed by atoms with Gasteiger partial charge in [0.05, 0.1) is 6.04 Å². The van der Waals surface area contributed by atoms with E-state index in [1.807, 2.05) is 14.0 Å². The molecule has 2 nitrogen and oxygen atoms in total. The van der Waals surface area contributed by atoms with Crippen LogP contribution in [0.1, 0.15) is 24.1 Å². The zero-order valence-corrected chi connectivity index (χ0v) is 12.1. The number of aryl methyl sites for hydroxylation is 1. The summed E-state index contributed by atoms with van der Waals surface area (Å²) in [4.78, 5) is 0. The van der Waals surface area contributed by atoms with Crippen molar-refractivity contribution in [1.29, 1.82) is 0 Å². The summed E-state index contributed by atoms with van der Waals surface area (Å²) in [5, 5.41) is 3.23. The number of rotatable bonds is 5. The molecule has 2 unspecified atom stereocenters. The number of hydrogen-bond donors (Lipinski definition) is 1. The van der Waals surface area contributed by atoms with Gasteiger partial charge in [-0.15, -0.1) is 0 Å². The molecular formula is C17H20FNO. The molecule has 0 amide bonds. The van der Waals surface area contributed by atoms with Crippen LogP contribution < -0.4 is 10.1 Å². The van der Waals surface area contributed by atoms with E-state index in [9.17, 15) is 4.39 Å². The predicted octanol–water partition coefficient (Wildman–Crippen LogP) is 3.86. The normalized spacial score (nSPS) is 13.8. The van der Waals surface area contributed by atoms with Gasteiger partial charge in [0.15, 0.2) is 11.6 Å². The van der Waals surface area contributed by atoms with Gasteiger partial charge in [0, 0.05) is 0 Å². The molecule has 0 spiro atoms. The zero-order chi connectivity index (χ0) is 14.5. The van der Waals surface area contributed by atoms with Crippen LogP contribution in [0, 0.1) is 12.7 Å². The van der Waals surface area contributed by atoms with Crippen molar-refractivity contribution in [3.63, 3.8) is 0 Å². The Kier molecular flexibility index (Phi) is 4.74. The Labute approximate surface area is 119 Å². The molecule has 2 atom stereocenters. The van der Waals surface area contributed by atoms with Gasteiger partial charge in [-0.1, -0.05) is 42.0 Å². The third-order valence-electron chi connectivity index (χ3n) is 3.37. The highest BCUT2D eigenvalue weighted by Gasteiger charge is 2.20. The smallest absolute Gasteiger partial charge is 0.165 e. The minimum atomic E-state index is -0.335. The molecule has 0 radical (unpaired) electrons. The van der Waals surface area contributed by atoms with Gasteiger partial charge < -0.3 is 10.1 Å². The number of para-hydroxylation sites is 1. The maximum atomic E-state index is 13.6. The molecule has 20 heavy (non-hydrogen) atoms. The van der Waals surface area contributed by atoms with Crippen molar-refractivity contribution in [2.45, 2.75) is 26.0 Å². The number of likely N-dealkylation sites (N-methyl/N-ethyl adjacent to an activating group) is 1. The van der Waals surface area contributed by atoms with Crippen LogP contribution in [0.4, 0.5) is 4.39 Å². The van der Waals surface area contributed by atoms with Crippen LogP contribution >= 0.6 is 0 Å². The number of halogens is 1. The Bertz CT molecular complexity index is 553. The molecule has 0 aliphatic heterocycles. The van der Waals surface area contributed by atoms with Crippen LogP contribution in [0.2, 0.25) is 0 Å². The molecule has 0 saturated heterocycles. The van der Waals surface area contributed by atoms with Gasteiger partial charge in [0.25, 0.3) is 0 Å². The molecular weight excluding hydrogens is 253 g/mol. The number of nitrogens with one attached hydrogen (secondary N) is 1. The van der Waals surface area contributed by atoms with E-state index >= 15 is 0 Å². The van der Waals surface area contributed by atoms with Crippen molar-refractivity contribution in [1.82, 2.24) is 5.32 Å². The summed E-state index contributed by atoms with van der Waals surface area (Å²) in [6.07, 6.45) is -0.181. The summed E-state index contributed by atoms with van der Waals surface area (Å²) >= 11 is 0. The highest BCUT2D eigenvalue weighted by Crippen LogP contribution is 2.24. The molecule has 1 N–H and O–H groups in total. The number of benzene rings is 2. The summed E-state index contributed by atoms with van der Waals surface area (Å²) in [6, 6.07) is 14.7. The summed E-state index contributed by atoms with van der Waals surface area (Å²) in [7, 11) is 1.88. The third-order valence-corrected chi connectivity index (χ3v) is 3.37. The van der Waals surface area contributed by atoms with E-state index in [2.05, 4.69) is 36.5 Å². The van der Waals surface area contributed by atoms with E-state index in [0.29, 0.717) is 0 Å². The molecule has 2 aromatic rings. The van der Waals surface area contributed by atoms with Crippen molar-refractivity contribution in [3.05, 3.63) is 65.5 Å². The maximum Gasteiger partial charge on any atom is 0.165 e. The lowest BCUT2D eigenvalue weighted by Gasteiger charge is -2.25. The first kappa shape index (κ1) is 14.5. The Balaban J connectivity index is 2.15. The largest absolute Gasteiger partial charge is 0.486 e. The van der Waals surface area contributed by atoms with E-state index in [1.165, 1.54) is 11.6 Å². The van der Waals surface area contributed by atoms with Crippen molar-refractivity contribution >= 4 is 0 Å². The van der Waals surface area contributed by atoms with Crippen molar-refractivity contribution in [3.8, 4) is 5.75 Å². The van der Waals surface area contributed by atoms with Gasteiger partial charge in [0.2, 0.25) is 0 Å². The van der Waals surface area contributed by atoms with Crippen LogP contribution in [-0.2, 0) is 0 Å². The Morgan fingerprint density at radius 3 is 2.30 bits per heavy atom. The summed E-state index contributed by atoms with van der Waals surface area (Å²) in [5.41, 5.74) is 2.34. The fourth-order valence-corrected chi connectivity index (χ4v) is 2.25. The fourth-order valence-electron chi connectivity index (χ4n) is 2.25. The van der Waals surface area contributed by atoms with Gasteiger partial charge in [-0.25, -0.2) is 4.39 Å². The average molecular weight is 273 g/mol. The van der Waals surface area contributed by atoms with Gasteiger partial charge in [-0.05, 0) is 38.6 Å². The van der Waals surface area contributed by atoms with E-state index < -0.39 is 0 Å². The molecule has 0 aliphatic carbocycles. The molecule has 2 rings (SSSR count). The van der Waals surface area contributed by atoms with Crippen LogP contribution in [0.15, 0.2) is 48.5 Å². The monoisotopic (exact) mass is 273 g/mol. The quantitative estimate of drug-likeness (QED) is 0.893. The molecule has 3 heteroatoms. The minimum absolute atomic E-state index is 0.00945. The van der Waals surface area contributed by atoms with Crippen LogP contribution in [-0.4, -0.2) is 13.2 Å². The molecule has 0 aliphatic rings. The summed E-state index contributed by atoms with van der Waals surface area (Å²) in [5.74, 6) is -0.0505.